The molecule has 0 saturated carbocycles. The quantitative estimate of drug-likeness (QED) is 0.248. The Morgan fingerprint density at radius 3 is 2.38 bits per heavy atom. The molecular formula is C32H43N3O4. The van der Waals surface area contributed by atoms with E-state index in [1.54, 1.807) is 0 Å². The number of amides is 2. The SMILES string of the molecule is Cc1ccc(-c2c(CNC(=O)OC(C)(C)C)c(CC(C)C)nc3ccc(OCCCCCC(N)=O)cc23)cc1. The molecule has 7 nitrogen and oxygen atoms in total. The summed E-state index contributed by atoms with van der Waals surface area (Å²) in [6.07, 6.45) is 3.22. The minimum atomic E-state index is -0.585. The Hall–Kier alpha value is -3.61. The Labute approximate surface area is 232 Å². The molecule has 0 fully saturated rings. The molecule has 3 aromatic rings. The van der Waals surface area contributed by atoms with Gasteiger partial charge in [0.25, 0.3) is 0 Å². The molecule has 0 aliphatic heterocycles. The lowest BCUT2D eigenvalue weighted by Gasteiger charge is -2.22. The molecule has 39 heavy (non-hydrogen) atoms. The van der Waals surface area contributed by atoms with E-state index in [-0.39, 0.29) is 5.91 Å². The van der Waals surface area contributed by atoms with Gasteiger partial charge in [-0.2, -0.15) is 0 Å². The highest BCUT2D eigenvalue weighted by Crippen LogP contribution is 2.36. The highest BCUT2D eigenvalue weighted by molar-refractivity contribution is 5.97. The molecule has 2 aromatic carbocycles. The lowest BCUT2D eigenvalue weighted by Crippen LogP contribution is -2.32. The number of nitrogens with zero attached hydrogens (tertiary/aromatic N) is 1. The molecule has 0 saturated heterocycles. The van der Waals surface area contributed by atoms with Gasteiger partial charge in [-0.3, -0.25) is 9.78 Å². The van der Waals surface area contributed by atoms with Crippen LogP contribution in [0.15, 0.2) is 42.5 Å². The Morgan fingerprint density at radius 1 is 1.03 bits per heavy atom. The van der Waals surface area contributed by atoms with Gasteiger partial charge in [0, 0.05) is 29.6 Å². The molecular weight excluding hydrogens is 490 g/mol. The average Bonchev–Trinajstić information content (AvgIpc) is 2.83. The number of nitrogens with two attached hydrogens (primary N) is 1. The van der Waals surface area contributed by atoms with Crippen molar-refractivity contribution in [2.24, 2.45) is 11.7 Å². The third kappa shape index (κ3) is 9.27. The van der Waals surface area contributed by atoms with Crippen LogP contribution in [0.25, 0.3) is 22.0 Å². The van der Waals surface area contributed by atoms with E-state index in [9.17, 15) is 9.59 Å². The molecule has 0 atom stereocenters. The first-order valence-electron chi connectivity index (χ1n) is 13.8. The van der Waals surface area contributed by atoms with Gasteiger partial charge in [-0.15, -0.1) is 0 Å². The summed E-state index contributed by atoms with van der Waals surface area (Å²) in [4.78, 5) is 28.6. The Bertz CT molecular complexity index is 1280. The monoisotopic (exact) mass is 533 g/mol. The van der Waals surface area contributed by atoms with Crippen molar-refractivity contribution in [2.45, 2.75) is 85.8 Å². The number of aromatic nitrogens is 1. The number of alkyl carbamates (subject to hydrolysis) is 1. The highest BCUT2D eigenvalue weighted by Gasteiger charge is 2.21. The molecule has 210 valence electrons. The zero-order valence-electron chi connectivity index (χ0n) is 24.2. The summed E-state index contributed by atoms with van der Waals surface area (Å²) in [6, 6.07) is 14.4. The number of primary amides is 1. The summed E-state index contributed by atoms with van der Waals surface area (Å²) in [5, 5.41) is 3.94. The Morgan fingerprint density at radius 2 is 1.74 bits per heavy atom. The van der Waals surface area contributed by atoms with Gasteiger partial charge in [0.1, 0.15) is 11.4 Å². The van der Waals surface area contributed by atoms with Crippen LogP contribution in [-0.2, 0) is 22.5 Å². The number of hydrogen-bond acceptors (Lipinski definition) is 5. The number of nitrogens with one attached hydrogen (secondary N) is 1. The smallest absolute Gasteiger partial charge is 0.407 e. The molecule has 0 aliphatic rings. The van der Waals surface area contributed by atoms with Crippen LogP contribution in [0.2, 0.25) is 0 Å². The second-order valence-electron chi connectivity index (χ2n) is 11.5. The lowest BCUT2D eigenvalue weighted by atomic mass is 9.91. The number of pyridine rings is 1. The number of carbonyl (C=O) groups is 2. The largest absolute Gasteiger partial charge is 0.494 e. The number of unbranched alkanes of at least 4 members (excludes halogenated alkanes) is 2. The van der Waals surface area contributed by atoms with Crippen LogP contribution in [0.5, 0.6) is 5.75 Å². The molecule has 3 N–H and O–H groups in total. The summed E-state index contributed by atoms with van der Waals surface area (Å²) >= 11 is 0. The van der Waals surface area contributed by atoms with E-state index in [0.29, 0.717) is 25.5 Å². The van der Waals surface area contributed by atoms with Crippen LogP contribution in [0.4, 0.5) is 4.79 Å². The van der Waals surface area contributed by atoms with Crippen LogP contribution in [0, 0.1) is 12.8 Å². The van der Waals surface area contributed by atoms with Crippen molar-refractivity contribution < 1.29 is 19.1 Å². The average molecular weight is 534 g/mol. The van der Waals surface area contributed by atoms with Crippen molar-refractivity contribution in [3.8, 4) is 16.9 Å². The van der Waals surface area contributed by atoms with Crippen molar-refractivity contribution in [3.05, 3.63) is 59.3 Å². The van der Waals surface area contributed by atoms with Crippen molar-refractivity contribution in [2.75, 3.05) is 6.61 Å². The van der Waals surface area contributed by atoms with E-state index in [2.05, 4.69) is 50.4 Å². The number of rotatable bonds is 12. The molecule has 0 unspecified atom stereocenters. The maximum absolute atomic E-state index is 12.6. The first kappa shape index (κ1) is 29.9. The topological polar surface area (TPSA) is 104 Å². The van der Waals surface area contributed by atoms with Crippen molar-refractivity contribution in [1.29, 1.82) is 0 Å². The molecule has 1 aromatic heterocycles. The molecule has 0 aliphatic carbocycles. The first-order valence-corrected chi connectivity index (χ1v) is 13.8. The summed E-state index contributed by atoms with van der Waals surface area (Å²) < 4.78 is 11.6. The second kappa shape index (κ2) is 13.5. The fourth-order valence-corrected chi connectivity index (χ4v) is 4.46. The van der Waals surface area contributed by atoms with Gasteiger partial charge in [-0.1, -0.05) is 43.7 Å². The minimum absolute atomic E-state index is 0.268. The zero-order valence-corrected chi connectivity index (χ0v) is 24.2. The summed E-state index contributed by atoms with van der Waals surface area (Å²) in [6.45, 7) is 12.8. The van der Waals surface area contributed by atoms with E-state index in [4.69, 9.17) is 20.2 Å². The van der Waals surface area contributed by atoms with Gasteiger partial charge < -0.3 is 20.5 Å². The predicted molar refractivity (Wildman–Crippen MR) is 157 cm³/mol. The van der Waals surface area contributed by atoms with Gasteiger partial charge in [0.15, 0.2) is 0 Å². The second-order valence-corrected chi connectivity index (χ2v) is 11.5. The summed E-state index contributed by atoms with van der Waals surface area (Å²) in [7, 11) is 0. The number of carbonyl (C=O) groups excluding carboxylic acids is 2. The first-order chi connectivity index (χ1) is 18.4. The lowest BCUT2D eigenvalue weighted by molar-refractivity contribution is -0.118. The van der Waals surface area contributed by atoms with Crippen LogP contribution in [-0.4, -0.2) is 29.2 Å². The van der Waals surface area contributed by atoms with Crippen molar-refractivity contribution >= 4 is 22.9 Å². The van der Waals surface area contributed by atoms with E-state index < -0.39 is 11.7 Å². The van der Waals surface area contributed by atoms with Gasteiger partial charge in [0.05, 0.1) is 12.1 Å². The zero-order chi connectivity index (χ0) is 28.6. The number of hydrogen-bond donors (Lipinski definition) is 2. The van der Waals surface area contributed by atoms with Gasteiger partial charge in [0.2, 0.25) is 5.91 Å². The van der Waals surface area contributed by atoms with Crippen LogP contribution >= 0.6 is 0 Å². The molecule has 0 radical (unpaired) electrons. The maximum atomic E-state index is 12.6. The third-order valence-corrected chi connectivity index (χ3v) is 6.23. The molecule has 1 heterocycles. The number of fused-ring (bicyclic) bond motifs is 1. The van der Waals surface area contributed by atoms with Crippen molar-refractivity contribution in [3.63, 3.8) is 0 Å². The highest BCUT2D eigenvalue weighted by atomic mass is 16.6. The van der Waals surface area contributed by atoms with Crippen molar-refractivity contribution in [1.82, 2.24) is 10.3 Å². The molecule has 7 heteroatoms. The van der Waals surface area contributed by atoms with E-state index >= 15 is 0 Å². The molecule has 0 bridgehead atoms. The summed E-state index contributed by atoms with van der Waals surface area (Å²) in [5.74, 6) is 0.879. The maximum Gasteiger partial charge on any atom is 0.407 e. The van der Waals surface area contributed by atoms with Gasteiger partial charge in [-0.05, 0) is 88.6 Å². The summed E-state index contributed by atoms with van der Waals surface area (Å²) in [5.41, 5.74) is 10.7. The van der Waals surface area contributed by atoms with Crippen LogP contribution < -0.4 is 15.8 Å². The normalized spacial score (nSPS) is 11.6. The predicted octanol–water partition coefficient (Wildman–Crippen LogP) is 6.86. The molecule has 2 amide bonds. The Kier molecular flexibility index (Phi) is 10.3. The van der Waals surface area contributed by atoms with Gasteiger partial charge in [-0.25, -0.2) is 4.79 Å². The number of ether oxygens (including phenoxy) is 2. The molecule has 0 spiro atoms. The molecule has 3 rings (SSSR count). The van der Waals surface area contributed by atoms with Crippen LogP contribution in [0.3, 0.4) is 0 Å². The standard InChI is InChI=1S/C32H43N3O4/c1-21(2)18-28-26(20-34-31(37)39-32(4,5)6)30(23-13-11-22(3)12-14-23)25-19-24(15-16-27(25)35-28)38-17-9-7-8-10-29(33)36/h11-16,19,21H,7-10,17-18,20H2,1-6H3,(H2,33,36)(H,34,37). The Balaban J connectivity index is 2.02. The fourth-order valence-electron chi connectivity index (χ4n) is 4.46. The van der Waals surface area contributed by atoms with E-state index in [0.717, 1.165) is 64.7 Å². The number of benzene rings is 2. The van der Waals surface area contributed by atoms with E-state index in [1.807, 2.05) is 39.0 Å². The minimum Gasteiger partial charge on any atom is -0.494 e. The third-order valence-electron chi connectivity index (χ3n) is 6.23. The van der Waals surface area contributed by atoms with Gasteiger partial charge >= 0.3 is 6.09 Å². The number of aryl methyl sites for hydroxylation is 1. The fraction of sp³-hybridized carbons (Fsp3) is 0.469. The van der Waals surface area contributed by atoms with E-state index in [1.165, 1.54) is 5.56 Å². The van der Waals surface area contributed by atoms with Crippen LogP contribution in [0.1, 0.15) is 77.1 Å².